The topological polar surface area (TPSA) is 78.3 Å². The molecule has 1 aliphatic rings. The molecular weight excluding hydrogens is 264 g/mol. The van der Waals surface area contributed by atoms with Gasteiger partial charge in [-0.2, -0.15) is 0 Å². The van der Waals surface area contributed by atoms with Gasteiger partial charge in [0.05, 0.1) is 0 Å². The summed E-state index contributed by atoms with van der Waals surface area (Å²) >= 11 is 0. The van der Waals surface area contributed by atoms with E-state index in [1.807, 2.05) is 24.3 Å². The van der Waals surface area contributed by atoms with Crippen molar-refractivity contribution in [2.45, 2.75) is 18.4 Å². The molecule has 0 heterocycles. The van der Waals surface area contributed by atoms with Gasteiger partial charge in [-0.1, -0.05) is 48.5 Å². The molecule has 0 fully saturated rings. The molecule has 0 unspecified atom stereocenters. The first kappa shape index (κ1) is 13.6. The molecule has 0 aromatic heterocycles. The third kappa shape index (κ3) is 2.62. The Morgan fingerprint density at radius 2 is 1.57 bits per heavy atom. The molecule has 0 radical (unpaired) electrons. The highest BCUT2D eigenvalue weighted by atomic mass is 16.5. The maximum atomic E-state index is 10.7. The lowest BCUT2D eigenvalue weighted by atomic mass is 9.90. The van der Waals surface area contributed by atoms with E-state index in [0.717, 1.165) is 6.42 Å². The number of carbonyl (C=O) groups excluding carboxylic acids is 1. The van der Waals surface area contributed by atoms with Crippen LogP contribution in [0.2, 0.25) is 0 Å². The SMILES string of the molecule is NC(=O)OC[C@@H](N)CC1c2ccccc2-c2ccccc21. The van der Waals surface area contributed by atoms with E-state index in [-0.39, 0.29) is 18.6 Å². The quantitative estimate of drug-likeness (QED) is 0.904. The van der Waals surface area contributed by atoms with E-state index in [2.05, 4.69) is 24.3 Å². The lowest BCUT2D eigenvalue weighted by Gasteiger charge is -2.18. The summed E-state index contributed by atoms with van der Waals surface area (Å²) < 4.78 is 4.80. The van der Waals surface area contributed by atoms with Crippen LogP contribution in [0.3, 0.4) is 0 Å². The summed E-state index contributed by atoms with van der Waals surface area (Å²) in [5.74, 6) is 0.240. The van der Waals surface area contributed by atoms with Crippen LogP contribution in [0.25, 0.3) is 11.1 Å². The number of benzene rings is 2. The number of nitrogens with two attached hydrogens (primary N) is 2. The summed E-state index contributed by atoms with van der Waals surface area (Å²) in [5, 5.41) is 0. The predicted octanol–water partition coefficient (Wildman–Crippen LogP) is 2.61. The molecule has 1 amide bonds. The van der Waals surface area contributed by atoms with Crippen LogP contribution in [0.5, 0.6) is 0 Å². The van der Waals surface area contributed by atoms with Crippen LogP contribution < -0.4 is 11.5 Å². The highest BCUT2D eigenvalue weighted by Gasteiger charge is 2.29. The van der Waals surface area contributed by atoms with Crippen LogP contribution in [0, 0.1) is 0 Å². The highest BCUT2D eigenvalue weighted by molar-refractivity contribution is 5.78. The molecule has 1 atom stereocenters. The molecule has 2 aromatic carbocycles. The second-order valence-electron chi connectivity index (χ2n) is 5.35. The molecule has 0 saturated carbocycles. The lowest BCUT2D eigenvalue weighted by molar-refractivity contribution is 0.147. The molecule has 0 aliphatic heterocycles. The summed E-state index contributed by atoms with van der Waals surface area (Å²) in [4.78, 5) is 10.7. The molecule has 2 aromatic rings. The number of primary amides is 1. The molecule has 4 N–H and O–H groups in total. The third-order valence-electron chi connectivity index (χ3n) is 3.94. The third-order valence-corrected chi connectivity index (χ3v) is 3.94. The van der Waals surface area contributed by atoms with E-state index in [0.29, 0.717) is 0 Å². The molecule has 0 bridgehead atoms. The van der Waals surface area contributed by atoms with Gasteiger partial charge in [-0.15, -0.1) is 0 Å². The van der Waals surface area contributed by atoms with Crippen molar-refractivity contribution in [2.24, 2.45) is 11.5 Å². The Labute approximate surface area is 123 Å². The Hall–Kier alpha value is -2.33. The summed E-state index contributed by atoms with van der Waals surface area (Å²) in [7, 11) is 0. The number of fused-ring (bicyclic) bond motifs is 3. The first-order valence-corrected chi connectivity index (χ1v) is 7.03. The summed E-state index contributed by atoms with van der Waals surface area (Å²) in [5.41, 5.74) is 16.2. The Balaban J connectivity index is 1.87. The molecule has 108 valence electrons. The van der Waals surface area contributed by atoms with E-state index in [1.165, 1.54) is 22.3 Å². The predicted molar refractivity (Wildman–Crippen MR) is 81.8 cm³/mol. The molecule has 3 rings (SSSR count). The van der Waals surface area contributed by atoms with Gasteiger partial charge >= 0.3 is 6.09 Å². The van der Waals surface area contributed by atoms with Crippen molar-refractivity contribution in [3.8, 4) is 11.1 Å². The van der Waals surface area contributed by atoms with Crippen molar-refractivity contribution in [2.75, 3.05) is 6.61 Å². The van der Waals surface area contributed by atoms with Gasteiger partial charge in [-0.25, -0.2) is 4.79 Å². The maximum Gasteiger partial charge on any atom is 0.404 e. The number of amides is 1. The zero-order chi connectivity index (χ0) is 14.8. The average Bonchev–Trinajstić information content (AvgIpc) is 2.80. The van der Waals surface area contributed by atoms with E-state index in [1.54, 1.807) is 0 Å². The maximum absolute atomic E-state index is 10.7. The van der Waals surface area contributed by atoms with Gasteiger partial charge < -0.3 is 16.2 Å². The zero-order valence-electron chi connectivity index (χ0n) is 11.7. The Morgan fingerprint density at radius 1 is 1.05 bits per heavy atom. The molecule has 4 nitrogen and oxygen atoms in total. The van der Waals surface area contributed by atoms with Gasteiger partial charge in [0.15, 0.2) is 0 Å². The van der Waals surface area contributed by atoms with Crippen molar-refractivity contribution in [3.05, 3.63) is 59.7 Å². The normalized spacial score (nSPS) is 14.3. The average molecular weight is 282 g/mol. The Kier molecular flexibility index (Phi) is 3.62. The largest absolute Gasteiger partial charge is 0.448 e. The van der Waals surface area contributed by atoms with Crippen LogP contribution in [-0.2, 0) is 4.74 Å². The molecule has 4 heteroatoms. The van der Waals surface area contributed by atoms with E-state index >= 15 is 0 Å². The van der Waals surface area contributed by atoms with Crippen LogP contribution >= 0.6 is 0 Å². The monoisotopic (exact) mass is 282 g/mol. The van der Waals surface area contributed by atoms with E-state index in [9.17, 15) is 4.79 Å². The number of ether oxygens (including phenoxy) is 1. The van der Waals surface area contributed by atoms with E-state index in [4.69, 9.17) is 16.2 Å². The van der Waals surface area contributed by atoms with Crippen LogP contribution in [0.4, 0.5) is 4.79 Å². The number of hydrogen-bond donors (Lipinski definition) is 2. The molecular formula is C17H18N2O2. The van der Waals surface area contributed by atoms with E-state index < -0.39 is 6.09 Å². The lowest BCUT2D eigenvalue weighted by Crippen LogP contribution is -2.31. The standard InChI is InChI=1S/C17H18N2O2/c18-11(10-21-17(19)20)9-16-14-7-3-1-5-12(14)13-6-2-4-8-15(13)16/h1-8,11,16H,9-10,18H2,(H2,19,20)/t11-/m0/s1. The molecule has 0 spiro atoms. The molecule has 0 saturated heterocycles. The fourth-order valence-corrected chi connectivity index (χ4v) is 3.07. The van der Waals surface area contributed by atoms with Crippen molar-refractivity contribution >= 4 is 6.09 Å². The minimum atomic E-state index is -0.780. The second kappa shape index (κ2) is 5.58. The molecule has 1 aliphatic carbocycles. The Bertz CT molecular complexity index is 624. The van der Waals surface area contributed by atoms with Crippen LogP contribution in [0.1, 0.15) is 23.5 Å². The summed E-state index contributed by atoms with van der Waals surface area (Å²) in [6.45, 7) is 0.149. The first-order valence-electron chi connectivity index (χ1n) is 7.03. The van der Waals surface area contributed by atoms with Gasteiger partial charge in [0.1, 0.15) is 6.61 Å². The second-order valence-corrected chi connectivity index (χ2v) is 5.35. The van der Waals surface area contributed by atoms with Gasteiger partial charge in [0.25, 0.3) is 0 Å². The number of hydrogen-bond acceptors (Lipinski definition) is 3. The van der Waals surface area contributed by atoms with Crippen LogP contribution in [0.15, 0.2) is 48.5 Å². The highest BCUT2D eigenvalue weighted by Crippen LogP contribution is 2.46. The van der Waals surface area contributed by atoms with Crippen LogP contribution in [-0.4, -0.2) is 18.7 Å². The van der Waals surface area contributed by atoms with Gasteiger partial charge in [-0.05, 0) is 28.7 Å². The Morgan fingerprint density at radius 3 is 2.10 bits per heavy atom. The fraction of sp³-hybridized carbons (Fsp3) is 0.235. The number of carbonyl (C=O) groups is 1. The zero-order valence-corrected chi connectivity index (χ0v) is 11.7. The van der Waals surface area contributed by atoms with Gasteiger partial charge in [0, 0.05) is 12.0 Å². The van der Waals surface area contributed by atoms with Crippen molar-refractivity contribution in [3.63, 3.8) is 0 Å². The van der Waals surface area contributed by atoms with Crippen molar-refractivity contribution < 1.29 is 9.53 Å². The summed E-state index contributed by atoms with van der Waals surface area (Å²) in [6, 6.07) is 16.5. The van der Waals surface area contributed by atoms with Crippen molar-refractivity contribution in [1.82, 2.24) is 0 Å². The molecule has 21 heavy (non-hydrogen) atoms. The minimum absolute atomic E-state index is 0.149. The first-order chi connectivity index (χ1) is 10.2. The minimum Gasteiger partial charge on any atom is -0.448 e. The van der Waals surface area contributed by atoms with Gasteiger partial charge in [-0.3, -0.25) is 0 Å². The smallest absolute Gasteiger partial charge is 0.404 e. The van der Waals surface area contributed by atoms with Gasteiger partial charge in [0.2, 0.25) is 0 Å². The van der Waals surface area contributed by atoms with Crippen molar-refractivity contribution in [1.29, 1.82) is 0 Å². The summed E-state index contributed by atoms with van der Waals surface area (Å²) in [6.07, 6.45) is -0.0564. The number of rotatable bonds is 4. The fourth-order valence-electron chi connectivity index (χ4n) is 3.07.